The number of hydrogen-bond donors (Lipinski definition) is 0. The molecule has 0 atom stereocenters. The predicted molar refractivity (Wildman–Crippen MR) is 105 cm³/mol. The van der Waals surface area contributed by atoms with E-state index in [0.29, 0.717) is 22.6 Å². The van der Waals surface area contributed by atoms with Gasteiger partial charge in [0.25, 0.3) is 5.56 Å². The van der Waals surface area contributed by atoms with Crippen molar-refractivity contribution in [2.24, 2.45) is 0 Å². The van der Waals surface area contributed by atoms with E-state index in [0.717, 1.165) is 15.7 Å². The molecule has 0 spiro atoms. The van der Waals surface area contributed by atoms with Crippen molar-refractivity contribution in [1.29, 1.82) is 0 Å². The average molecular weight is 380 g/mol. The summed E-state index contributed by atoms with van der Waals surface area (Å²) in [6.07, 6.45) is 0. The Morgan fingerprint density at radius 3 is 2.54 bits per heavy atom. The number of hydrogen-bond acceptors (Lipinski definition) is 6. The van der Waals surface area contributed by atoms with Crippen molar-refractivity contribution < 1.29 is 0 Å². The first-order valence-corrected chi connectivity index (χ1v) is 9.72. The summed E-state index contributed by atoms with van der Waals surface area (Å²) in [5.74, 6) is 0.728. The molecule has 5 nitrogen and oxygen atoms in total. The van der Waals surface area contributed by atoms with Crippen molar-refractivity contribution in [3.63, 3.8) is 0 Å². The quantitative estimate of drug-likeness (QED) is 0.500. The van der Waals surface area contributed by atoms with E-state index in [1.165, 1.54) is 28.9 Å². The van der Waals surface area contributed by atoms with Gasteiger partial charge in [-0.1, -0.05) is 42.0 Å². The highest BCUT2D eigenvalue weighted by Crippen LogP contribution is 2.28. The molecule has 0 unspecified atom stereocenters. The molecule has 0 radical (unpaired) electrons. The van der Waals surface area contributed by atoms with Crippen LogP contribution >= 0.6 is 23.3 Å². The van der Waals surface area contributed by atoms with Crippen LogP contribution in [0.4, 0.5) is 0 Å². The van der Waals surface area contributed by atoms with Crippen LogP contribution < -0.4 is 5.56 Å². The Bertz CT molecular complexity index is 1130. The lowest BCUT2D eigenvalue weighted by Crippen LogP contribution is -2.23. The minimum atomic E-state index is -0.0417. The number of fused-ring (bicyclic) bond motifs is 1. The number of nitrogens with zero attached hydrogens (tertiary/aromatic N) is 4. The fourth-order valence-corrected chi connectivity index (χ4v) is 4.28. The Kier molecular flexibility index (Phi) is 4.57. The molecule has 0 amide bonds. The minimum Gasteiger partial charge on any atom is -0.282 e. The van der Waals surface area contributed by atoms with Crippen molar-refractivity contribution in [3.05, 3.63) is 75.8 Å². The molecule has 0 N–H and O–H groups in total. The molecular weight excluding hydrogens is 364 g/mol. The third kappa shape index (κ3) is 3.40. The lowest BCUT2D eigenvalue weighted by atomic mass is 10.1. The lowest BCUT2D eigenvalue weighted by molar-refractivity contribution is 0.658. The Balaban J connectivity index is 1.84. The molecule has 0 aliphatic rings. The van der Waals surface area contributed by atoms with E-state index in [2.05, 4.69) is 21.5 Å². The van der Waals surface area contributed by atoms with Gasteiger partial charge in [0.15, 0.2) is 9.50 Å². The SMILES string of the molecule is Cc1ccc(Cn2c(Sc3nc(C)ns3)nc3ccccc3c2=O)cc1. The topological polar surface area (TPSA) is 60.7 Å². The molecule has 0 saturated carbocycles. The zero-order chi connectivity index (χ0) is 18.1. The first-order chi connectivity index (χ1) is 12.6. The maximum atomic E-state index is 13.1. The Morgan fingerprint density at radius 2 is 1.81 bits per heavy atom. The van der Waals surface area contributed by atoms with Crippen molar-refractivity contribution in [1.82, 2.24) is 18.9 Å². The third-order valence-corrected chi connectivity index (χ3v) is 5.81. The van der Waals surface area contributed by atoms with Gasteiger partial charge in [0.05, 0.1) is 17.4 Å². The van der Waals surface area contributed by atoms with Crippen LogP contribution in [-0.4, -0.2) is 18.9 Å². The van der Waals surface area contributed by atoms with Gasteiger partial charge in [-0.25, -0.2) is 9.97 Å². The zero-order valence-electron chi connectivity index (χ0n) is 14.3. The molecule has 0 aliphatic carbocycles. The maximum absolute atomic E-state index is 13.1. The van der Waals surface area contributed by atoms with Gasteiger partial charge in [0.1, 0.15) is 5.82 Å². The second-order valence-corrected chi connectivity index (χ2v) is 7.96. The van der Waals surface area contributed by atoms with E-state index >= 15 is 0 Å². The molecule has 4 rings (SSSR count). The molecule has 4 aromatic rings. The smallest absolute Gasteiger partial charge is 0.262 e. The zero-order valence-corrected chi connectivity index (χ0v) is 16.0. The van der Waals surface area contributed by atoms with E-state index in [1.54, 1.807) is 4.57 Å². The average Bonchev–Trinajstić information content (AvgIpc) is 3.05. The van der Waals surface area contributed by atoms with Crippen molar-refractivity contribution >= 4 is 34.2 Å². The first kappa shape index (κ1) is 16.9. The fraction of sp³-hybridized carbons (Fsp3) is 0.158. The molecule has 0 fully saturated rings. The molecule has 2 heterocycles. The van der Waals surface area contributed by atoms with Crippen LogP contribution in [-0.2, 0) is 6.54 Å². The summed E-state index contributed by atoms with van der Waals surface area (Å²) in [6, 6.07) is 15.6. The summed E-state index contributed by atoms with van der Waals surface area (Å²) in [5, 5.41) is 1.25. The normalized spacial score (nSPS) is 11.2. The maximum Gasteiger partial charge on any atom is 0.262 e. The van der Waals surface area contributed by atoms with Gasteiger partial charge in [-0.2, -0.15) is 4.37 Å². The summed E-state index contributed by atoms with van der Waals surface area (Å²) in [4.78, 5) is 22.2. The van der Waals surface area contributed by atoms with Crippen LogP contribution in [0, 0.1) is 13.8 Å². The largest absolute Gasteiger partial charge is 0.282 e. The minimum absolute atomic E-state index is 0.0417. The van der Waals surface area contributed by atoms with E-state index in [1.807, 2.05) is 50.2 Å². The summed E-state index contributed by atoms with van der Waals surface area (Å²) < 4.78 is 6.71. The molecule has 26 heavy (non-hydrogen) atoms. The van der Waals surface area contributed by atoms with Gasteiger partial charge in [-0.15, -0.1) is 0 Å². The van der Waals surface area contributed by atoms with Gasteiger partial charge >= 0.3 is 0 Å². The summed E-state index contributed by atoms with van der Waals surface area (Å²) in [5.41, 5.74) is 2.91. The highest BCUT2D eigenvalue weighted by Gasteiger charge is 2.14. The van der Waals surface area contributed by atoms with Crippen molar-refractivity contribution in [2.45, 2.75) is 29.9 Å². The Labute approximate surface area is 158 Å². The third-order valence-electron chi connectivity index (χ3n) is 3.98. The van der Waals surface area contributed by atoms with Crippen LogP contribution in [0.5, 0.6) is 0 Å². The monoisotopic (exact) mass is 380 g/mol. The van der Waals surface area contributed by atoms with Crippen molar-refractivity contribution in [3.8, 4) is 0 Å². The summed E-state index contributed by atoms with van der Waals surface area (Å²) in [6.45, 7) is 4.37. The summed E-state index contributed by atoms with van der Waals surface area (Å²) >= 11 is 2.70. The Morgan fingerprint density at radius 1 is 1.04 bits per heavy atom. The van der Waals surface area contributed by atoms with Gasteiger partial charge in [-0.3, -0.25) is 9.36 Å². The van der Waals surface area contributed by atoms with E-state index in [-0.39, 0.29) is 5.56 Å². The highest BCUT2D eigenvalue weighted by molar-refractivity contribution is 8.00. The molecule has 0 aliphatic heterocycles. The molecule has 2 aromatic heterocycles. The van der Waals surface area contributed by atoms with Crippen LogP contribution in [0.25, 0.3) is 10.9 Å². The highest BCUT2D eigenvalue weighted by atomic mass is 32.2. The fourth-order valence-electron chi connectivity index (χ4n) is 2.64. The van der Waals surface area contributed by atoms with Gasteiger partial charge in [-0.05, 0) is 54.8 Å². The molecule has 2 aromatic carbocycles. The standard InChI is InChI=1S/C19H16N4OS2/c1-12-7-9-14(10-8-12)11-23-17(24)15-5-3-4-6-16(15)21-18(23)25-19-20-13(2)22-26-19/h3-10H,11H2,1-2H3. The van der Waals surface area contributed by atoms with Crippen LogP contribution in [0.15, 0.2) is 62.8 Å². The van der Waals surface area contributed by atoms with Crippen molar-refractivity contribution in [2.75, 3.05) is 0 Å². The van der Waals surface area contributed by atoms with Crippen LogP contribution in [0.2, 0.25) is 0 Å². The molecule has 130 valence electrons. The molecular formula is C19H16N4OS2. The predicted octanol–water partition coefficient (Wildman–Crippen LogP) is 4.06. The van der Waals surface area contributed by atoms with Gasteiger partial charge in [0, 0.05) is 0 Å². The lowest BCUT2D eigenvalue weighted by Gasteiger charge is -2.12. The van der Waals surface area contributed by atoms with E-state index in [4.69, 9.17) is 4.98 Å². The first-order valence-electron chi connectivity index (χ1n) is 8.13. The second-order valence-electron chi connectivity index (χ2n) is 6.00. The summed E-state index contributed by atoms with van der Waals surface area (Å²) in [7, 11) is 0. The van der Waals surface area contributed by atoms with E-state index in [9.17, 15) is 4.79 Å². The number of benzene rings is 2. The van der Waals surface area contributed by atoms with E-state index < -0.39 is 0 Å². The van der Waals surface area contributed by atoms with Crippen LogP contribution in [0.3, 0.4) is 0 Å². The number of rotatable bonds is 4. The van der Waals surface area contributed by atoms with Crippen LogP contribution in [0.1, 0.15) is 17.0 Å². The Hall–Kier alpha value is -2.51. The molecule has 0 bridgehead atoms. The van der Waals surface area contributed by atoms with Gasteiger partial charge in [0.2, 0.25) is 0 Å². The molecule has 7 heteroatoms. The number of para-hydroxylation sites is 1. The number of aromatic nitrogens is 4. The molecule has 0 saturated heterocycles. The number of aryl methyl sites for hydroxylation is 2. The second kappa shape index (κ2) is 7.01. The van der Waals surface area contributed by atoms with Gasteiger partial charge < -0.3 is 0 Å².